The highest BCUT2D eigenvalue weighted by Gasteiger charge is 2.14. The van der Waals surface area contributed by atoms with Crippen molar-refractivity contribution in [2.24, 2.45) is 5.73 Å². The molecule has 1 aliphatic rings. The number of rotatable bonds is 2. The molecule has 0 amide bonds. The zero-order valence-corrected chi connectivity index (χ0v) is 9.29. The first-order valence-electron chi connectivity index (χ1n) is 4.91. The Balaban J connectivity index is 2.00. The molecule has 0 aliphatic carbocycles. The number of thiazole rings is 1. The second kappa shape index (κ2) is 3.77. The standard InChI is InChI=1S/C11H10N2O2S/c12-4-11-13-8(5-16-11)7-1-2-9-10(3-7)15-6-14-9/h1-3,5H,4,6,12H2. The first kappa shape index (κ1) is 9.62. The number of aromatic nitrogens is 1. The van der Waals surface area contributed by atoms with Gasteiger partial charge in [-0.25, -0.2) is 4.98 Å². The molecule has 0 saturated heterocycles. The van der Waals surface area contributed by atoms with Gasteiger partial charge in [-0.05, 0) is 18.2 Å². The van der Waals surface area contributed by atoms with Gasteiger partial charge in [-0.1, -0.05) is 0 Å². The van der Waals surface area contributed by atoms with Gasteiger partial charge >= 0.3 is 0 Å². The number of hydrogen-bond donors (Lipinski definition) is 1. The van der Waals surface area contributed by atoms with Gasteiger partial charge in [0.1, 0.15) is 5.01 Å². The summed E-state index contributed by atoms with van der Waals surface area (Å²) in [6.45, 7) is 0.777. The molecule has 2 N–H and O–H groups in total. The van der Waals surface area contributed by atoms with Crippen molar-refractivity contribution in [3.63, 3.8) is 0 Å². The van der Waals surface area contributed by atoms with Crippen molar-refractivity contribution in [1.82, 2.24) is 4.98 Å². The van der Waals surface area contributed by atoms with Crippen molar-refractivity contribution in [3.05, 3.63) is 28.6 Å². The molecule has 16 heavy (non-hydrogen) atoms. The third-order valence-electron chi connectivity index (χ3n) is 2.39. The molecule has 0 fully saturated rings. The molecule has 0 spiro atoms. The van der Waals surface area contributed by atoms with Gasteiger partial charge in [-0.2, -0.15) is 0 Å². The van der Waals surface area contributed by atoms with Crippen LogP contribution in [-0.2, 0) is 6.54 Å². The fourth-order valence-electron chi connectivity index (χ4n) is 1.59. The molecular formula is C11H10N2O2S. The fourth-order valence-corrected chi connectivity index (χ4v) is 2.28. The highest BCUT2D eigenvalue weighted by Crippen LogP contribution is 2.35. The Morgan fingerprint density at radius 1 is 1.31 bits per heavy atom. The van der Waals surface area contributed by atoms with Gasteiger partial charge in [0.15, 0.2) is 11.5 Å². The normalized spacial score (nSPS) is 13.1. The lowest BCUT2D eigenvalue weighted by Crippen LogP contribution is -1.94. The number of hydrogen-bond acceptors (Lipinski definition) is 5. The fraction of sp³-hybridized carbons (Fsp3) is 0.182. The summed E-state index contributed by atoms with van der Waals surface area (Å²) >= 11 is 1.57. The van der Waals surface area contributed by atoms with E-state index in [1.807, 2.05) is 23.6 Å². The van der Waals surface area contributed by atoms with Crippen molar-refractivity contribution in [1.29, 1.82) is 0 Å². The summed E-state index contributed by atoms with van der Waals surface area (Å²) in [5, 5.41) is 2.94. The minimum absolute atomic E-state index is 0.296. The Morgan fingerprint density at radius 2 is 2.19 bits per heavy atom. The summed E-state index contributed by atoms with van der Waals surface area (Å²) in [4.78, 5) is 4.42. The lowest BCUT2D eigenvalue weighted by atomic mass is 10.1. The highest BCUT2D eigenvalue weighted by molar-refractivity contribution is 7.09. The largest absolute Gasteiger partial charge is 0.454 e. The van der Waals surface area contributed by atoms with Crippen molar-refractivity contribution in [2.45, 2.75) is 6.54 Å². The van der Waals surface area contributed by atoms with Gasteiger partial charge in [0.2, 0.25) is 6.79 Å². The Morgan fingerprint density at radius 3 is 3.00 bits per heavy atom. The Bertz CT molecular complexity index is 524. The topological polar surface area (TPSA) is 57.4 Å². The number of ether oxygens (including phenoxy) is 2. The SMILES string of the molecule is NCc1nc(-c2ccc3c(c2)OCO3)cs1. The predicted molar refractivity (Wildman–Crippen MR) is 61.6 cm³/mol. The summed E-state index contributed by atoms with van der Waals surface area (Å²) in [7, 11) is 0. The summed E-state index contributed by atoms with van der Waals surface area (Å²) < 4.78 is 10.6. The van der Waals surface area contributed by atoms with E-state index in [1.165, 1.54) is 0 Å². The molecule has 0 saturated carbocycles. The van der Waals surface area contributed by atoms with Crippen LogP contribution in [0.2, 0.25) is 0 Å². The van der Waals surface area contributed by atoms with Gasteiger partial charge in [0, 0.05) is 17.5 Å². The lowest BCUT2D eigenvalue weighted by Gasteiger charge is -1.99. The molecule has 3 rings (SSSR count). The molecule has 0 bridgehead atoms. The van der Waals surface area contributed by atoms with E-state index in [0.29, 0.717) is 13.3 Å². The third-order valence-corrected chi connectivity index (χ3v) is 3.27. The van der Waals surface area contributed by atoms with E-state index in [-0.39, 0.29) is 0 Å². The maximum Gasteiger partial charge on any atom is 0.231 e. The van der Waals surface area contributed by atoms with Gasteiger partial charge in [-0.15, -0.1) is 11.3 Å². The number of benzene rings is 1. The van der Waals surface area contributed by atoms with E-state index < -0.39 is 0 Å². The number of nitrogens with zero attached hydrogens (tertiary/aromatic N) is 1. The number of nitrogens with two attached hydrogens (primary N) is 1. The zero-order valence-electron chi connectivity index (χ0n) is 8.47. The first-order chi connectivity index (χ1) is 7.86. The van der Waals surface area contributed by atoms with Crippen LogP contribution in [0.15, 0.2) is 23.6 Å². The average molecular weight is 234 g/mol. The van der Waals surface area contributed by atoms with Gasteiger partial charge in [-0.3, -0.25) is 0 Å². The monoisotopic (exact) mass is 234 g/mol. The summed E-state index contributed by atoms with van der Waals surface area (Å²) in [6, 6.07) is 5.82. The zero-order chi connectivity index (χ0) is 11.0. The molecule has 1 aromatic heterocycles. The molecule has 0 atom stereocenters. The number of fused-ring (bicyclic) bond motifs is 1. The molecule has 1 aromatic carbocycles. The van der Waals surface area contributed by atoms with Crippen LogP contribution in [0.5, 0.6) is 11.5 Å². The summed E-state index contributed by atoms with van der Waals surface area (Å²) in [6.07, 6.45) is 0. The third kappa shape index (κ3) is 1.54. The summed E-state index contributed by atoms with van der Waals surface area (Å²) in [5.74, 6) is 1.57. The molecule has 4 nitrogen and oxygen atoms in total. The Labute approximate surface area is 96.6 Å². The molecule has 5 heteroatoms. The van der Waals surface area contributed by atoms with Gasteiger partial charge in [0.05, 0.1) is 5.69 Å². The van der Waals surface area contributed by atoms with Crippen molar-refractivity contribution in [3.8, 4) is 22.8 Å². The molecule has 82 valence electrons. The highest BCUT2D eigenvalue weighted by atomic mass is 32.1. The molecule has 1 aliphatic heterocycles. The van der Waals surface area contributed by atoms with Crippen LogP contribution in [0, 0.1) is 0 Å². The van der Waals surface area contributed by atoms with Crippen molar-refractivity contribution < 1.29 is 9.47 Å². The molecule has 2 heterocycles. The van der Waals surface area contributed by atoms with Crippen LogP contribution in [0.4, 0.5) is 0 Å². The molecular weight excluding hydrogens is 224 g/mol. The molecule has 0 radical (unpaired) electrons. The quantitative estimate of drug-likeness (QED) is 0.863. The summed E-state index contributed by atoms with van der Waals surface area (Å²) in [5.41, 5.74) is 7.50. The van der Waals surface area contributed by atoms with Crippen molar-refractivity contribution in [2.75, 3.05) is 6.79 Å². The van der Waals surface area contributed by atoms with E-state index >= 15 is 0 Å². The minimum atomic E-state index is 0.296. The van der Waals surface area contributed by atoms with Crippen LogP contribution < -0.4 is 15.2 Å². The van der Waals surface area contributed by atoms with Crippen LogP contribution in [0.3, 0.4) is 0 Å². The van der Waals surface area contributed by atoms with Crippen molar-refractivity contribution >= 4 is 11.3 Å². The van der Waals surface area contributed by atoms with E-state index in [4.69, 9.17) is 15.2 Å². The van der Waals surface area contributed by atoms with Crippen LogP contribution >= 0.6 is 11.3 Å². The van der Waals surface area contributed by atoms with Crippen LogP contribution in [-0.4, -0.2) is 11.8 Å². The smallest absolute Gasteiger partial charge is 0.231 e. The van der Waals surface area contributed by atoms with E-state index in [0.717, 1.165) is 27.8 Å². The maximum atomic E-state index is 5.53. The first-order valence-corrected chi connectivity index (χ1v) is 5.79. The van der Waals surface area contributed by atoms with E-state index in [1.54, 1.807) is 11.3 Å². The minimum Gasteiger partial charge on any atom is -0.454 e. The lowest BCUT2D eigenvalue weighted by molar-refractivity contribution is 0.174. The molecule has 0 unspecified atom stereocenters. The predicted octanol–water partition coefficient (Wildman–Crippen LogP) is 2.00. The second-order valence-corrected chi connectivity index (χ2v) is 4.34. The average Bonchev–Trinajstić information content (AvgIpc) is 2.96. The molecule has 2 aromatic rings. The van der Waals surface area contributed by atoms with Crippen LogP contribution in [0.25, 0.3) is 11.3 Å². The Hall–Kier alpha value is -1.59. The maximum absolute atomic E-state index is 5.53. The van der Waals surface area contributed by atoms with E-state index in [2.05, 4.69) is 4.98 Å². The van der Waals surface area contributed by atoms with E-state index in [9.17, 15) is 0 Å². The van der Waals surface area contributed by atoms with Crippen LogP contribution in [0.1, 0.15) is 5.01 Å². The Kier molecular flexibility index (Phi) is 2.27. The van der Waals surface area contributed by atoms with Gasteiger partial charge in [0.25, 0.3) is 0 Å². The second-order valence-electron chi connectivity index (χ2n) is 3.40. The van der Waals surface area contributed by atoms with Gasteiger partial charge < -0.3 is 15.2 Å².